The molecule has 0 aliphatic heterocycles. The van der Waals surface area contributed by atoms with Crippen LogP contribution in [0.3, 0.4) is 0 Å². The highest BCUT2D eigenvalue weighted by molar-refractivity contribution is 5.24. The van der Waals surface area contributed by atoms with Gasteiger partial charge in [0.1, 0.15) is 0 Å². The van der Waals surface area contributed by atoms with Gasteiger partial charge in [0.05, 0.1) is 12.1 Å². The van der Waals surface area contributed by atoms with Crippen molar-refractivity contribution in [2.75, 3.05) is 47.4 Å². The molecule has 0 amide bonds. The lowest BCUT2D eigenvalue weighted by Crippen LogP contribution is -2.43. The van der Waals surface area contributed by atoms with Crippen LogP contribution in [0.1, 0.15) is 12.0 Å². The van der Waals surface area contributed by atoms with Crippen LogP contribution in [0.25, 0.3) is 0 Å². The fourth-order valence-electron chi connectivity index (χ4n) is 1.96. The van der Waals surface area contributed by atoms with Crippen LogP contribution in [0, 0.1) is 0 Å². The largest absolute Gasteiger partial charge is 0.394 e. The average Bonchev–Trinajstić information content (AvgIpc) is 2.43. The zero-order valence-corrected chi connectivity index (χ0v) is 12.3. The number of rotatable bonds is 8. The lowest BCUT2D eigenvalue weighted by Gasteiger charge is -2.30. The molecule has 4 nitrogen and oxygen atoms in total. The van der Waals surface area contributed by atoms with Crippen LogP contribution in [0.5, 0.6) is 0 Å². The van der Waals surface area contributed by atoms with E-state index in [1.54, 1.807) is 0 Å². The van der Waals surface area contributed by atoms with Gasteiger partial charge in [-0.05, 0) is 33.1 Å². The van der Waals surface area contributed by atoms with Gasteiger partial charge in [-0.3, -0.25) is 0 Å². The first-order valence-electron chi connectivity index (χ1n) is 6.76. The van der Waals surface area contributed by atoms with Gasteiger partial charge in [0.2, 0.25) is 0 Å². The van der Waals surface area contributed by atoms with Crippen molar-refractivity contribution >= 4 is 0 Å². The van der Waals surface area contributed by atoms with Gasteiger partial charge in [-0.2, -0.15) is 0 Å². The Morgan fingerprint density at radius 3 is 2.21 bits per heavy atom. The molecule has 4 heteroatoms. The standard InChI is InChI=1S/C15H27N3O/c1-17(2)11-12-18(3)10-9-15(16,13-19)14-7-5-4-6-8-14/h4-8,19H,9-13,16H2,1-3H3. The summed E-state index contributed by atoms with van der Waals surface area (Å²) >= 11 is 0. The minimum absolute atomic E-state index is 0.0292. The molecule has 1 aromatic carbocycles. The van der Waals surface area contributed by atoms with E-state index in [1.165, 1.54) is 0 Å². The van der Waals surface area contributed by atoms with Crippen LogP contribution in [0.4, 0.5) is 0 Å². The number of benzene rings is 1. The molecule has 0 fully saturated rings. The van der Waals surface area contributed by atoms with E-state index < -0.39 is 5.54 Å². The smallest absolute Gasteiger partial charge is 0.0656 e. The lowest BCUT2D eigenvalue weighted by molar-refractivity contribution is 0.168. The van der Waals surface area contributed by atoms with Gasteiger partial charge < -0.3 is 20.6 Å². The fraction of sp³-hybridized carbons (Fsp3) is 0.600. The Morgan fingerprint density at radius 1 is 1.05 bits per heavy atom. The highest BCUT2D eigenvalue weighted by Crippen LogP contribution is 2.21. The van der Waals surface area contributed by atoms with Crippen LogP contribution >= 0.6 is 0 Å². The van der Waals surface area contributed by atoms with Crippen molar-refractivity contribution in [2.45, 2.75) is 12.0 Å². The topological polar surface area (TPSA) is 52.7 Å². The summed E-state index contributed by atoms with van der Waals surface area (Å²) in [5, 5.41) is 9.62. The summed E-state index contributed by atoms with van der Waals surface area (Å²) in [6.45, 7) is 2.88. The second kappa shape index (κ2) is 7.60. The Morgan fingerprint density at radius 2 is 1.68 bits per heavy atom. The SMILES string of the molecule is CN(C)CCN(C)CCC(N)(CO)c1ccccc1. The Balaban J connectivity index is 2.53. The molecule has 0 aromatic heterocycles. The summed E-state index contributed by atoms with van der Waals surface area (Å²) in [5.74, 6) is 0. The Labute approximate surface area is 116 Å². The summed E-state index contributed by atoms with van der Waals surface area (Å²) in [7, 11) is 6.23. The molecule has 1 unspecified atom stereocenters. The predicted molar refractivity (Wildman–Crippen MR) is 80.1 cm³/mol. The average molecular weight is 265 g/mol. The van der Waals surface area contributed by atoms with Crippen molar-refractivity contribution in [3.63, 3.8) is 0 Å². The third-order valence-electron chi connectivity index (χ3n) is 3.50. The van der Waals surface area contributed by atoms with Crippen LogP contribution in [0.15, 0.2) is 30.3 Å². The molecule has 0 aliphatic carbocycles. The molecule has 0 bridgehead atoms. The summed E-state index contributed by atoms with van der Waals surface area (Å²) < 4.78 is 0. The lowest BCUT2D eigenvalue weighted by atomic mass is 9.88. The maximum atomic E-state index is 9.62. The molecule has 108 valence electrons. The van der Waals surface area contributed by atoms with E-state index in [-0.39, 0.29) is 6.61 Å². The summed E-state index contributed by atoms with van der Waals surface area (Å²) in [6, 6.07) is 9.85. The molecule has 1 rings (SSSR count). The summed E-state index contributed by atoms with van der Waals surface area (Å²) in [5.41, 5.74) is 6.69. The van der Waals surface area contributed by atoms with E-state index >= 15 is 0 Å². The molecule has 0 spiro atoms. The summed E-state index contributed by atoms with van der Waals surface area (Å²) in [6.07, 6.45) is 0.747. The molecular formula is C15H27N3O. The van der Waals surface area contributed by atoms with E-state index in [0.29, 0.717) is 0 Å². The third-order valence-corrected chi connectivity index (χ3v) is 3.50. The second-order valence-corrected chi connectivity index (χ2v) is 5.54. The molecule has 1 atom stereocenters. The van der Waals surface area contributed by atoms with Gasteiger partial charge in [-0.15, -0.1) is 0 Å². The maximum absolute atomic E-state index is 9.62. The minimum Gasteiger partial charge on any atom is -0.394 e. The molecule has 0 saturated carbocycles. The second-order valence-electron chi connectivity index (χ2n) is 5.54. The van der Waals surface area contributed by atoms with Gasteiger partial charge in [0.25, 0.3) is 0 Å². The summed E-state index contributed by atoms with van der Waals surface area (Å²) in [4.78, 5) is 4.41. The van der Waals surface area contributed by atoms with Crippen LogP contribution in [-0.4, -0.2) is 62.3 Å². The van der Waals surface area contributed by atoms with Gasteiger partial charge in [-0.1, -0.05) is 30.3 Å². The van der Waals surface area contributed by atoms with Crippen LogP contribution in [-0.2, 0) is 5.54 Å². The minimum atomic E-state index is -0.645. The van der Waals surface area contributed by atoms with Crippen molar-refractivity contribution in [3.8, 4) is 0 Å². The van der Waals surface area contributed by atoms with Crippen molar-refractivity contribution < 1.29 is 5.11 Å². The maximum Gasteiger partial charge on any atom is 0.0656 e. The normalized spacial score (nSPS) is 14.9. The molecule has 1 aromatic rings. The molecule has 19 heavy (non-hydrogen) atoms. The first-order chi connectivity index (χ1) is 8.98. The van der Waals surface area contributed by atoms with Crippen molar-refractivity contribution in [3.05, 3.63) is 35.9 Å². The molecule has 0 saturated heterocycles. The zero-order chi connectivity index (χ0) is 14.3. The number of hydrogen-bond donors (Lipinski definition) is 2. The Bertz CT molecular complexity index is 356. The zero-order valence-electron chi connectivity index (χ0n) is 12.3. The van der Waals surface area contributed by atoms with Gasteiger partial charge >= 0.3 is 0 Å². The Kier molecular flexibility index (Phi) is 6.45. The first-order valence-corrected chi connectivity index (χ1v) is 6.76. The molecule has 0 heterocycles. The van der Waals surface area contributed by atoms with E-state index in [0.717, 1.165) is 31.6 Å². The monoisotopic (exact) mass is 265 g/mol. The third kappa shape index (κ3) is 5.28. The molecule has 0 aliphatic rings. The number of nitrogens with two attached hydrogens (primary N) is 1. The van der Waals surface area contributed by atoms with E-state index in [4.69, 9.17) is 5.73 Å². The number of nitrogens with zero attached hydrogens (tertiary/aromatic N) is 2. The predicted octanol–water partition coefficient (Wildman–Crippen LogP) is 0.716. The number of aliphatic hydroxyl groups is 1. The van der Waals surface area contributed by atoms with Crippen molar-refractivity contribution in [1.29, 1.82) is 0 Å². The molecule has 0 radical (unpaired) electrons. The first kappa shape index (κ1) is 16.1. The Hall–Kier alpha value is -0.940. The van der Waals surface area contributed by atoms with Crippen molar-refractivity contribution in [2.24, 2.45) is 5.73 Å². The molecule has 3 N–H and O–H groups in total. The number of aliphatic hydroxyl groups excluding tert-OH is 1. The van der Waals surface area contributed by atoms with Crippen molar-refractivity contribution in [1.82, 2.24) is 9.80 Å². The number of hydrogen-bond acceptors (Lipinski definition) is 4. The molecular weight excluding hydrogens is 238 g/mol. The quantitative estimate of drug-likeness (QED) is 0.727. The van der Waals surface area contributed by atoms with Gasteiger partial charge in [0.15, 0.2) is 0 Å². The van der Waals surface area contributed by atoms with Crippen LogP contribution < -0.4 is 5.73 Å². The van der Waals surface area contributed by atoms with E-state index in [9.17, 15) is 5.11 Å². The van der Waals surface area contributed by atoms with E-state index in [1.807, 2.05) is 30.3 Å². The highest BCUT2D eigenvalue weighted by atomic mass is 16.3. The van der Waals surface area contributed by atoms with E-state index in [2.05, 4.69) is 30.9 Å². The number of likely N-dealkylation sites (N-methyl/N-ethyl adjacent to an activating group) is 2. The highest BCUT2D eigenvalue weighted by Gasteiger charge is 2.26. The van der Waals surface area contributed by atoms with Gasteiger partial charge in [0, 0.05) is 19.6 Å². The van der Waals surface area contributed by atoms with Crippen LogP contribution in [0.2, 0.25) is 0 Å². The fourth-order valence-corrected chi connectivity index (χ4v) is 1.96. The van der Waals surface area contributed by atoms with Gasteiger partial charge in [-0.25, -0.2) is 0 Å².